The van der Waals surface area contributed by atoms with Crippen LogP contribution in [0, 0.1) is 0 Å². The van der Waals surface area contributed by atoms with Crippen molar-refractivity contribution in [2.24, 2.45) is 0 Å². The summed E-state index contributed by atoms with van der Waals surface area (Å²) in [5, 5.41) is 3.57. The van der Waals surface area contributed by atoms with Crippen molar-refractivity contribution in [1.29, 1.82) is 0 Å². The van der Waals surface area contributed by atoms with Gasteiger partial charge in [-0.2, -0.15) is 0 Å². The molecule has 0 amide bonds. The molecule has 1 heterocycles. The maximum absolute atomic E-state index is 3.57. The van der Waals surface area contributed by atoms with Gasteiger partial charge in [0.05, 0.1) is 0 Å². The van der Waals surface area contributed by atoms with E-state index < -0.39 is 0 Å². The molecule has 0 aromatic heterocycles. The lowest BCUT2D eigenvalue weighted by Gasteiger charge is -2.36. The molecule has 0 saturated carbocycles. The van der Waals surface area contributed by atoms with Crippen LogP contribution in [-0.4, -0.2) is 87.2 Å². The first-order valence-electron chi connectivity index (χ1n) is 7.48. The molecule has 18 heavy (non-hydrogen) atoms. The summed E-state index contributed by atoms with van der Waals surface area (Å²) in [6.45, 7) is 14.1. The van der Waals surface area contributed by atoms with Crippen LogP contribution >= 0.6 is 0 Å². The fraction of sp³-hybridized carbons (Fsp3) is 1.00. The molecule has 1 aliphatic rings. The average Bonchev–Trinajstić information content (AvgIpc) is 2.37. The van der Waals surface area contributed by atoms with Gasteiger partial charge in [-0.3, -0.25) is 9.80 Å². The van der Waals surface area contributed by atoms with Crippen molar-refractivity contribution >= 4 is 0 Å². The normalized spacial score (nSPS) is 20.5. The van der Waals surface area contributed by atoms with Crippen LogP contribution in [0.15, 0.2) is 0 Å². The molecule has 1 unspecified atom stereocenters. The predicted octanol–water partition coefficient (Wildman–Crippen LogP) is 0.554. The van der Waals surface area contributed by atoms with Crippen molar-refractivity contribution in [2.75, 3.05) is 66.5 Å². The number of piperazine rings is 1. The summed E-state index contributed by atoms with van der Waals surface area (Å²) >= 11 is 0. The van der Waals surface area contributed by atoms with Crippen molar-refractivity contribution in [3.63, 3.8) is 0 Å². The quantitative estimate of drug-likeness (QED) is 0.685. The summed E-state index contributed by atoms with van der Waals surface area (Å²) in [5.41, 5.74) is 0. The Morgan fingerprint density at radius 3 is 2.17 bits per heavy atom. The highest BCUT2D eigenvalue weighted by Gasteiger charge is 2.18. The number of hydrogen-bond acceptors (Lipinski definition) is 4. The van der Waals surface area contributed by atoms with Gasteiger partial charge in [-0.15, -0.1) is 0 Å². The average molecular weight is 256 g/mol. The lowest BCUT2D eigenvalue weighted by molar-refractivity contribution is 0.116. The Kier molecular flexibility index (Phi) is 7.82. The Labute approximate surface area is 113 Å². The molecule has 4 heteroatoms. The molecule has 0 spiro atoms. The molecule has 4 nitrogen and oxygen atoms in total. The number of likely N-dealkylation sites (N-methyl/N-ethyl adjacent to an activating group) is 2. The van der Waals surface area contributed by atoms with Crippen molar-refractivity contribution in [1.82, 2.24) is 20.0 Å². The van der Waals surface area contributed by atoms with Crippen LogP contribution in [0.5, 0.6) is 0 Å². The minimum atomic E-state index is 0.670. The first-order valence-corrected chi connectivity index (χ1v) is 7.48. The lowest BCUT2D eigenvalue weighted by Crippen LogP contribution is -2.51. The molecular weight excluding hydrogens is 224 g/mol. The Hall–Kier alpha value is -0.160. The van der Waals surface area contributed by atoms with Crippen molar-refractivity contribution in [2.45, 2.75) is 26.3 Å². The number of nitrogens with one attached hydrogen (secondary N) is 1. The molecule has 1 N–H and O–H groups in total. The Morgan fingerprint density at radius 2 is 1.67 bits per heavy atom. The molecular formula is C14H32N4. The highest BCUT2D eigenvalue weighted by Crippen LogP contribution is 2.04. The highest BCUT2D eigenvalue weighted by atomic mass is 15.3. The molecule has 1 atom stereocenters. The predicted molar refractivity (Wildman–Crippen MR) is 79.2 cm³/mol. The lowest BCUT2D eigenvalue weighted by atomic mass is 10.2. The maximum Gasteiger partial charge on any atom is 0.0192 e. The standard InChI is InChI=1S/C14H32N4/c1-5-14(15-6-2)13-18-11-9-17(10-12-18)8-7-16(3)4/h14-15H,5-13H2,1-4H3. The van der Waals surface area contributed by atoms with Gasteiger partial charge in [0, 0.05) is 51.9 Å². The summed E-state index contributed by atoms with van der Waals surface area (Å²) < 4.78 is 0. The van der Waals surface area contributed by atoms with E-state index in [1.165, 1.54) is 52.2 Å². The number of rotatable bonds is 8. The van der Waals surface area contributed by atoms with E-state index >= 15 is 0 Å². The van der Waals surface area contributed by atoms with Crippen molar-refractivity contribution < 1.29 is 0 Å². The van der Waals surface area contributed by atoms with E-state index in [9.17, 15) is 0 Å². The van der Waals surface area contributed by atoms with Crippen molar-refractivity contribution in [3.8, 4) is 0 Å². The highest BCUT2D eigenvalue weighted by molar-refractivity contribution is 4.76. The molecule has 108 valence electrons. The Morgan fingerprint density at radius 1 is 1.06 bits per heavy atom. The SMILES string of the molecule is CCNC(CC)CN1CCN(CCN(C)C)CC1. The van der Waals surface area contributed by atoms with Gasteiger partial charge in [-0.1, -0.05) is 13.8 Å². The van der Waals surface area contributed by atoms with Gasteiger partial charge in [0.2, 0.25) is 0 Å². The third-order valence-corrected chi connectivity index (χ3v) is 3.79. The van der Waals surface area contributed by atoms with Crippen LogP contribution in [0.4, 0.5) is 0 Å². The van der Waals surface area contributed by atoms with E-state index in [4.69, 9.17) is 0 Å². The van der Waals surface area contributed by atoms with Crippen LogP contribution < -0.4 is 5.32 Å². The van der Waals surface area contributed by atoms with Gasteiger partial charge < -0.3 is 10.2 Å². The van der Waals surface area contributed by atoms with E-state index in [-0.39, 0.29) is 0 Å². The summed E-state index contributed by atoms with van der Waals surface area (Å²) in [4.78, 5) is 7.47. The molecule has 0 aromatic rings. The monoisotopic (exact) mass is 256 g/mol. The van der Waals surface area contributed by atoms with Gasteiger partial charge >= 0.3 is 0 Å². The molecule has 1 fully saturated rings. The van der Waals surface area contributed by atoms with Gasteiger partial charge in [0.1, 0.15) is 0 Å². The zero-order valence-electron chi connectivity index (χ0n) is 12.8. The van der Waals surface area contributed by atoms with Crippen molar-refractivity contribution in [3.05, 3.63) is 0 Å². The topological polar surface area (TPSA) is 21.8 Å². The van der Waals surface area contributed by atoms with E-state index in [1.807, 2.05) is 0 Å². The Balaban J connectivity index is 2.18. The van der Waals surface area contributed by atoms with Gasteiger partial charge in [0.25, 0.3) is 0 Å². The molecule has 1 rings (SSSR count). The largest absolute Gasteiger partial charge is 0.313 e. The fourth-order valence-corrected chi connectivity index (χ4v) is 2.48. The zero-order chi connectivity index (χ0) is 13.4. The van der Waals surface area contributed by atoms with Crippen LogP contribution in [0.2, 0.25) is 0 Å². The summed E-state index contributed by atoms with van der Waals surface area (Å²) in [6.07, 6.45) is 1.23. The second kappa shape index (κ2) is 8.86. The zero-order valence-corrected chi connectivity index (χ0v) is 12.8. The smallest absolute Gasteiger partial charge is 0.0192 e. The molecule has 0 aliphatic carbocycles. The summed E-state index contributed by atoms with van der Waals surface area (Å²) in [6, 6.07) is 0.670. The summed E-state index contributed by atoms with van der Waals surface area (Å²) in [5.74, 6) is 0. The van der Waals surface area contributed by atoms with E-state index in [0.717, 1.165) is 6.54 Å². The number of hydrogen-bond donors (Lipinski definition) is 1. The van der Waals surface area contributed by atoms with Gasteiger partial charge in [0.15, 0.2) is 0 Å². The minimum Gasteiger partial charge on any atom is -0.313 e. The maximum atomic E-state index is 3.57. The molecule has 1 aliphatic heterocycles. The van der Waals surface area contributed by atoms with Crippen LogP contribution in [0.1, 0.15) is 20.3 Å². The van der Waals surface area contributed by atoms with E-state index in [1.54, 1.807) is 0 Å². The molecule has 0 bridgehead atoms. The Bertz CT molecular complexity index is 200. The van der Waals surface area contributed by atoms with Crippen LogP contribution in [-0.2, 0) is 0 Å². The second-order valence-corrected chi connectivity index (χ2v) is 5.61. The third kappa shape index (κ3) is 6.14. The fourth-order valence-electron chi connectivity index (χ4n) is 2.48. The van der Waals surface area contributed by atoms with Gasteiger partial charge in [-0.25, -0.2) is 0 Å². The first-order chi connectivity index (χ1) is 8.65. The second-order valence-electron chi connectivity index (χ2n) is 5.61. The number of nitrogens with zero attached hydrogens (tertiary/aromatic N) is 3. The summed E-state index contributed by atoms with van der Waals surface area (Å²) in [7, 11) is 4.30. The third-order valence-electron chi connectivity index (χ3n) is 3.79. The van der Waals surface area contributed by atoms with Gasteiger partial charge in [-0.05, 0) is 27.1 Å². The van der Waals surface area contributed by atoms with Crippen LogP contribution in [0.3, 0.4) is 0 Å². The van der Waals surface area contributed by atoms with E-state index in [0.29, 0.717) is 6.04 Å². The van der Waals surface area contributed by atoms with E-state index in [2.05, 4.69) is 48.0 Å². The molecule has 1 saturated heterocycles. The minimum absolute atomic E-state index is 0.670. The first kappa shape index (κ1) is 15.9. The van der Waals surface area contributed by atoms with Crippen LogP contribution in [0.25, 0.3) is 0 Å². The molecule has 0 aromatic carbocycles. The molecule has 0 radical (unpaired) electrons.